The Labute approximate surface area is 425 Å². The zero-order valence-corrected chi connectivity index (χ0v) is 42.6. The number of nitrogens with one attached hydrogen (secondary N) is 7. The summed E-state index contributed by atoms with van der Waals surface area (Å²) in [5, 5.41) is 16.4. The molecule has 2 aromatic carbocycles. The number of imidazole rings is 1. The summed E-state index contributed by atoms with van der Waals surface area (Å²) in [5.74, 6) is 3.35. The van der Waals surface area contributed by atoms with Gasteiger partial charge in [0.25, 0.3) is 0 Å². The van der Waals surface area contributed by atoms with Gasteiger partial charge in [0.15, 0.2) is 11.5 Å². The third-order valence-corrected chi connectivity index (χ3v) is 12.4. The van der Waals surface area contributed by atoms with E-state index in [1.165, 1.54) is 18.4 Å². The Morgan fingerprint density at radius 1 is 0.822 bits per heavy atom. The molecule has 6 amide bonds. The van der Waals surface area contributed by atoms with Gasteiger partial charge in [-0.25, -0.2) is 15.5 Å². The number of amides is 6. The van der Waals surface area contributed by atoms with Crippen LogP contribution in [0, 0.1) is 11.8 Å². The van der Waals surface area contributed by atoms with Crippen molar-refractivity contribution in [2.24, 2.45) is 17.7 Å². The molecule has 73 heavy (non-hydrogen) atoms. The quantitative estimate of drug-likeness (QED) is 0.0292. The molecule has 0 saturated carbocycles. The van der Waals surface area contributed by atoms with Crippen molar-refractivity contribution in [1.29, 1.82) is 0 Å². The van der Waals surface area contributed by atoms with E-state index < -0.39 is 36.0 Å². The number of carbonyl (C=O) groups is 6. The van der Waals surface area contributed by atoms with Gasteiger partial charge in [0, 0.05) is 32.2 Å². The number of carbonyl (C=O) groups excluding carboxylic acids is 6. The topological polar surface area (TPSA) is 321 Å². The van der Waals surface area contributed by atoms with Crippen LogP contribution in [0.5, 0.6) is 6.01 Å². The van der Waals surface area contributed by atoms with Crippen LogP contribution in [0.15, 0.2) is 53.3 Å². The van der Waals surface area contributed by atoms with Crippen molar-refractivity contribution in [3.05, 3.63) is 75.7 Å². The molecule has 4 aromatic rings. The van der Waals surface area contributed by atoms with Gasteiger partial charge < -0.3 is 52.1 Å². The molecule has 0 bridgehead atoms. The molecule has 23 heteroatoms. The first-order chi connectivity index (χ1) is 35.0. The number of anilines is 2. The number of ether oxygens (including phenoxy) is 2. The number of aromatic amines is 1. The van der Waals surface area contributed by atoms with Crippen LogP contribution in [0.3, 0.4) is 0 Å². The van der Waals surface area contributed by atoms with Crippen LogP contribution in [0.4, 0.5) is 16.3 Å². The molecule has 398 valence electrons. The summed E-state index contributed by atoms with van der Waals surface area (Å²) in [6.07, 6.45) is 5.07. The minimum Gasteiger partial charge on any atom is -0.463 e. The van der Waals surface area contributed by atoms with E-state index in [2.05, 4.69) is 75.6 Å². The first kappa shape index (κ1) is 56.8. The maximum Gasteiger partial charge on any atom is 0.408 e. The lowest BCUT2D eigenvalue weighted by Crippen LogP contribution is -2.53. The van der Waals surface area contributed by atoms with Crippen molar-refractivity contribution in [1.82, 2.24) is 51.0 Å². The van der Waals surface area contributed by atoms with Crippen molar-refractivity contribution < 1.29 is 43.1 Å². The van der Waals surface area contributed by atoms with Crippen molar-refractivity contribution in [3.63, 3.8) is 0 Å². The number of alkyl carbamates (subject to hydrolysis) is 1. The zero-order valence-electron chi connectivity index (χ0n) is 42.6. The Hall–Kier alpha value is -7.11. The van der Waals surface area contributed by atoms with Gasteiger partial charge in [0.2, 0.25) is 29.5 Å². The largest absolute Gasteiger partial charge is 0.463 e. The van der Waals surface area contributed by atoms with Gasteiger partial charge >= 0.3 is 17.8 Å². The average molecular weight is 1020 g/mol. The number of rotatable bonds is 28. The van der Waals surface area contributed by atoms with Crippen LogP contribution in [-0.2, 0) is 53.2 Å². The van der Waals surface area contributed by atoms with Gasteiger partial charge in [-0.2, -0.15) is 9.97 Å². The van der Waals surface area contributed by atoms with Crippen molar-refractivity contribution in [3.8, 4) is 6.01 Å². The average Bonchev–Trinajstić information content (AvgIpc) is 3.67. The Bertz CT molecular complexity index is 2510. The second-order valence-electron chi connectivity index (χ2n) is 18.7. The summed E-state index contributed by atoms with van der Waals surface area (Å²) in [5.41, 5.74) is 9.71. The van der Waals surface area contributed by atoms with E-state index in [-0.39, 0.29) is 54.4 Å². The molecule has 1 unspecified atom stereocenters. The molecule has 0 spiro atoms. The van der Waals surface area contributed by atoms with E-state index in [4.69, 9.17) is 21.1 Å². The fraction of sp³-hybridized carbons (Fsp3) is 0.540. The standard InChI is InChI=1S/C50H73N13O10/c1-6-7-26-71-48-60-43(51)42-44(61-48)63(49(69)59-42)28-36-13-11-35(12-14-36)27-62-24-20-34(21-25-62)19-23-54-46(67)39(10-8-9-22-53-40(65)30-73-52)58-50(70)72-29-37-15-17-38(18-16-37)57-45(66)32(4)55-47(68)41(31(2)3)56-33(5)64/h11-18,31-32,34,39,41H,6-10,19-30,52H2,1-5H3,(H,53,65)(H,54,67)(H,55,68)(H,56,64)(H,57,66)(H,58,70)(H,59,69)(H2,51,60,61)/t32-,39-,41?/m0/s1. The fourth-order valence-electron chi connectivity index (χ4n) is 8.18. The highest BCUT2D eigenvalue weighted by Crippen LogP contribution is 2.23. The number of unbranched alkanes of at least 4 members (excludes halogenated alkanes) is 2. The van der Waals surface area contributed by atoms with E-state index in [1.54, 1.807) is 38.1 Å². The van der Waals surface area contributed by atoms with Gasteiger partial charge in [-0.05, 0) is 106 Å². The molecule has 0 aliphatic carbocycles. The third kappa shape index (κ3) is 18.5. The number of hydrogen-bond donors (Lipinski definition) is 9. The molecule has 1 aliphatic rings. The molecule has 5 rings (SSSR count). The summed E-state index contributed by atoms with van der Waals surface area (Å²) in [4.78, 5) is 106. The van der Waals surface area contributed by atoms with Gasteiger partial charge in [0.1, 0.15) is 36.9 Å². The second-order valence-corrected chi connectivity index (χ2v) is 18.7. The molecule has 2 aromatic heterocycles. The first-order valence-electron chi connectivity index (χ1n) is 25.0. The minimum absolute atomic E-state index is 0.114. The second kappa shape index (κ2) is 28.8. The minimum atomic E-state index is -0.893. The maximum atomic E-state index is 13.5. The summed E-state index contributed by atoms with van der Waals surface area (Å²) >= 11 is 0. The molecular formula is C50H73N13O10. The summed E-state index contributed by atoms with van der Waals surface area (Å²) in [6.45, 7) is 12.2. The third-order valence-electron chi connectivity index (χ3n) is 12.4. The van der Waals surface area contributed by atoms with Gasteiger partial charge in [-0.15, -0.1) is 0 Å². The van der Waals surface area contributed by atoms with Gasteiger partial charge in [0.05, 0.1) is 13.2 Å². The Morgan fingerprint density at radius 2 is 1.51 bits per heavy atom. The number of hydrogen-bond acceptors (Lipinski definition) is 15. The van der Waals surface area contributed by atoms with Crippen LogP contribution in [0.25, 0.3) is 11.2 Å². The molecule has 3 atom stereocenters. The number of piperidine rings is 1. The smallest absolute Gasteiger partial charge is 0.408 e. The lowest BCUT2D eigenvalue weighted by molar-refractivity contribution is -0.131. The normalized spacial score (nSPS) is 14.2. The molecule has 23 nitrogen and oxygen atoms in total. The number of H-pyrrole nitrogens is 1. The van der Waals surface area contributed by atoms with Crippen LogP contribution in [0.2, 0.25) is 0 Å². The van der Waals surface area contributed by atoms with Crippen molar-refractivity contribution in [2.75, 3.05) is 50.4 Å². The summed E-state index contributed by atoms with van der Waals surface area (Å²) in [7, 11) is 0. The highest BCUT2D eigenvalue weighted by molar-refractivity contribution is 5.98. The number of fused-ring (bicyclic) bond motifs is 1. The van der Waals surface area contributed by atoms with Gasteiger partial charge in [-0.1, -0.05) is 63.6 Å². The molecule has 1 fully saturated rings. The highest BCUT2D eigenvalue weighted by atomic mass is 16.6. The highest BCUT2D eigenvalue weighted by Gasteiger charge is 2.27. The summed E-state index contributed by atoms with van der Waals surface area (Å²) < 4.78 is 12.7. The number of nitrogens with two attached hydrogens (primary N) is 2. The zero-order chi connectivity index (χ0) is 52.9. The molecule has 1 aliphatic heterocycles. The van der Waals surface area contributed by atoms with E-state index in [1.807, 2.05) is 12.1 Å². The van der Waals surface area contributed by atoms with E-state index in [0.717, 1.165) is 62.9 Å². The Balaban J connectivity index is 1.05. The monoisotopic (exact) mass is 1020 g/mol. The molecule has 0 radical (unpaired) electrons. The fourth-order valence-corrected chi connectivity index (χ4v) is 8.18. The number of aromatic nitrogens is 4. The van der Waals surface area contributed by atoms with Crippen LogP contribution in [0.1, 0.15) is 103 Å². The lowest BCUT2D eigenvalue weighted by Gasteiger charge is -2.32. The predicted octanol–water partition coefficient (Wildman–Crippen LogP) is 2.72. The Kier molecular flexibility index (Phi) is 22.4. The summed E-state index contributed by atoms with van der Waals surface area (Å²) in [6, 6.07) is 12.3. The number of nitrogens with zero attached hydrogens (tertiary/aromatic N) is 4. The number of benzene rings is 2. The van der Waals surface area contributed by atoms with E-state index >= 15 is 0 Å². The first-order valence-corrected chi connectivity index (χ1v) is 25.0. The van der Waals surface area contributed by atoms with Crippen LogP contribution in [-0.4, -0.2) is 118 Å². The van der Waals surface area contributed by atoms with Crippen molar-refractivity contribution >= 4 is 58.3 Å². The van der Waals surface area contributed by atoms with E-state index in [9.17, 15) is 33.6 Å². The number of nitrogen functional groups attached to an aromatic ring is 1. The maximum absolute atomic E-state index is 13.5. The van der Waals surface area contributed by atoms with E-state index in [0.29, 0.717) is 73.8 Å². The van der Waals surface area contributed by atoms with Crippen LogP contribution < -0.4 is 54.0 Å². The molecule has 3 heterocycles. The molecule has 1 saturated heterocycles. The lowest BCUT2D eigenvalue weighted by atomic mass is 9.93. The van der Waals surface area contributed by atoms with Gasteiger partial charge in [-0.3, -0.25) is 38.3 Å². The SMILES string of the molecule is CCCCOc1nc(N)c2[nH]c(=O)n(Cc3ccc(CN4CCC(CCNC(=O)[C@H](CCCCNC(=O)CON)NC(=O)OCc5ccc(NC(=O)[C@H](C)NC(=O)C(NC(C)=O)C(C)C)cc5)CC4)cc3)c2n1. The molecule has 11 N–H and O–H groups in total. The number of likely N-dealkylation sites (tertiary alicyclic amines) is 1. The van der Waals surface area contributed by atoms with Crippen molar-refractivity contribution in [2.45, 2.75) is 124 Å². The van der Waals surface area contributed by atoms with Crippen LogP contribution >= 0.6 is 0 Å². The predicted molar refractivity (Wildman–Crippen MR) is 273 cm³/mol. The Morgan fingerprint density at radius 3 is 2.16 bits per heavy atom. The molecular weight excluding hydrogens is 943 g/mol.